The van der Waals surface area contributed by atoms with Gasteiger partial charge < -0.3 is 14.9 Å². The average Bonchev–Trinajstić information content (AvgIpc) is 3.42. The van der Waals surface area contributed by atoms with Crippen LogP contribution in [0.1, 0.15) is 42.6 Å². The Bertz CT molecular complexity index is 1360. The number of imidazole rings is 1. The third-order valence-electron chi connectivity index (χ3n) is 6.39. The van der Waals surface area contributed by atoms with Gasteiger partial charge in [-0.3, -0.25) is 4.79 Å². The number of Topliss-reactive ketones (excluding diaryl/α,β-unsaturated/α-hetero) is 1. The Hall–Kier alpha value is -3.69. The number of rotatable bonds is 6. The second-order valence-electron chi connectivity index (χ2n) is 8.79. The predicted octanol–water partition coefficient (Wildman–Crippen LogP) is 5.02. The molecule has 3 heterocycles. The fourth-order valence-electron chi connectivity index (χ4n) is 4.73. The van der Waals surface area contributed by atoms with E-state index in [1.54, 1.807) is 24.1 Å². The largest absolute Gasteiger partial charge is 0.365 e. The molecule has 0 aliphatic heterocycles. The highest BCUT2D eigenvalue weighted by atomic mass is 19.1. The van der Waals surface area contributed by atoms with Crippen LogP contribution in [0.25, 0.3) is 22.3 Å². The van der Waals surface area contributed by atoms with Gasteiger partial charge in [-0.25, -0.2) is 28.1 Å². The molecule has 10 heteroatoms. The minimum absolute atomic E-state index is 0.0276. The molecule has 2 atom stereocenters. The van der Waals surface area contributed by atoms with Crippen LogP contribution in [0.2, 0.25) is 0 Å². The molecule has 34 heavy (non-hydrogen) atoms. The van der Waals surface area contributed by atoms with Crippen LogP contribution in [0.3, 0.4) is 0 Å². The van der Waals surface area contributed by atoms with Gasteiger partial charge in [0.2, 0.25) is 0 Å². The molecule has 1 saturated carbocycles. The molecule has 0 spiro atoms. The number of nitrogens with zero attached hydrogens (tertiary/aromatic N) is 4. The number of ketones is 1. The Labute approximate surface area is 193 Å². The second-order valence-corrected chi connectivity index (χ2v) is 8.79. The molecular weight excluding hydrogens is 445 g/mol. The van der Waals surface area contributed by atoms with Gasteiger partial charge in [0.15, 0.2) is 23.2 Å². The first-order valence-corrected chi connectivity index (χ1v) is 11.1. The number of aromatic amines is 1. The van der Waals surface area contributed by atoms with Crippen LogP contribution in [0.5, 0.6) is 0 Å². The number of benzene rings is 1. The second kappa shape index (κ2) is 8.92. The highest BCUT2D eigenvalue weighted by molar-refractivity contribution is 5.95. The van der Waals surface area contributed by atoms with E-state index in [0.717, 1.165) is 31.5 Å². The number of H-pyrrole nitrogens is 1. The molecule has 7 nitrogen and oxygen atoms in total. The zero-order valence-electron chi connectivity index (χ0n) is 18.5. The predicted molar refractivity (Wildman–Crippen MR) is 121 cm³/mol. The molecule has 176 valence electrons. The van der Waals surface area contributed by atoms with Gasteiger partial charge in [0.25, 0.3) is 0 Å². The van der Waals surface area contributed by atoms with E-state index >= 15 is 0 Å². The highest BCUT2D eigenvalue weighted by Crippen LogP contribution is 2.32. The van der Waals surface area contributed by atoms with E-state index in [2.05, 4.69) is 25.3 Å². The van der Waals surface area contributed by atoms with Crippen LogP contribution in [0, 0.1) is 23.4 Å². The summed E-state index contributed by atoms with van der Waals surface area (Å²) in [6, 6.07) is 1.92. The Morgan fingerprint density at radius 1 is 1.21 bits per heavy atom. The van der Waals surface area contributed by atoms with Crippen LogP contribution >= 0.6 is 0 Å². The van der Waals surface area contributed by atoms with Gasteiger partial charge in [-0.2, -0.15) is 0 Å². The van der Waals surface area contributed by atoms with Crippen molar-refractivity contribution in [1.29, 1.82) is 0 Å². The van der Waals surface area contributed by atoms with Gasteiger partial charge in [-0.05, 0) is 31.2 Å². The van der Waals surface area contributed by atoms with E-state index in [9.17, 15) is 18.0 Å². The molecule has 1 aliphatic carbocycles. The maximum atomic E-state index is 14.6. The van der Waals surface area contributed by atoms with Crippen molar-refractivity contribution >= 4 is 22.5 Å². The molecule has 0 unspecified atom stereocenters. The number of halogens is 3. The summed E-state index contributed by atoms with van der Waals surface area (Å²) in [5.41, 5.74) is 1.08. The van der Waals surface area contributed by atoms with Gasteiger partial charge in [0, 0.05) is 42.7 Å². The van der Waals surface area contributed by atoms with Crippen LogP contribution in [0.15, 0.2) is 37.1 Å². The molecular formula is C24H23F3N6O. The lowest BCUT2D eigenvalue weighted by atomic mass is 9.82. The van der Waals surface area contributed by atoms with Crippen LogP contribution in [0.4, 0.5) is 19.0 Å². The maximum absolute atomic E-state index is 14.6. The van der Waals surface area contributed by atoms with Gasteiger partial charge in [-0.1, -0.05) is 6.42 Å². The van der Waals surface area contributed by atoms with E-state index in [-0.39, 0.29) is 40.3 Å². The Balaban J connectivity index is 1.33. The normalized spacial score (nSPS) is 18.4. The van der Waals surface area contributed by atoms with Crippen molar-refractivity contribution < 1.29 is 18.0 Å². The van der Waals surface area contributed by atoms with Crippen molar-refractivity contribution in [3.05, 3.63) is 60.2 Å². The van der Waals surface area contributed by atoms with E-state index < -0.39 is 17.5 Å². The zero-order chi connectivity index (χ0) is 23.8. The van der Waals surface area contributed by atoms with E-state index in [4.69, 9.17) is 0 Å². The van der Waals surface area contributed by atoms with Crippen molar-refractivity contribution in [2.24, 2.45) is 13.0 Å². The third-order valence-corrected chi connectivity index (χ3v) is 6.39. The first-order chi connectivity index (χ1) is 16.4. The van der Waals surface area contributed by atoms with Crippen molar-refractivity contribution in [3.63, 3.8) is 0 Å². The third kappa shape index (κ3) is 4.27. The number of hydrogen-bond donors (Lipinski definition) is 2. The Morgan fingerprint density at radius 2 is 2.06 bits per heavy atom. The summed E-state index contributed by atoms with van der Waals surface area (Å²) >= 11 is 0. The smallest absolute Gasteiger partial charge is 0.183 e. The van der Waals surface area contributed by atoms with Crippen LogP contribution < -0.4 is 5.32 Å². The lowest BCUT2D eigenvalue weighted by Crippen LogP contribution is -2.29. The number of aryl methyl sites for hydroxylation is 1. The van der Waals surface area contributed by atoms with E-state index in [0.29, 0.717) is 24.1 Å². The fraction of sp³-hybridized carbons (Fsp3) is 0.333. The summed E-state index contributed by atoms with van der Waals surface area (Å²) < 4.78 is 44.1. The number of carbonyl (C=O) groups excluding carboxylic acids is 1. The lowest BCUT2D eigenvalue weighted by Gasteiger charge is -2.30. The average molecular weight is 468 g/mol. The summed E-state index contributed by atoms with van der Waals surface area (Å²) in [5.74, 6) is -1.68. The molecule has 1 aliphatic rings. The summed E-state index contributed by atoms with van der Waals surface area (Å²) in [4.78, 5) is 27.7. The van der Waals surface area contributed by atoms with Crippen molar-refractivity contribution in [2.75, 3.05) is 5.32 Å². The van der Waals surface area contributed by atoms with Gasteiger partial charge >= 0.3 is 0 Å². The Kier molecular flexibility index (Phi) is 5.80. The van der Waals surface area contributed by atoms with Crippen LogP contribution in [-0.4, -0.2) is 36.3 Å². The van der Waals surface area contributed by atoms with Crippen molar-refractivity contribution in [3.8, 4) is 11.4 Å². The number of nitrogens with one attached hydrogen (secondary N) is 2. The topological polar surface area (TPSA) is 88.5 Å². The first kappa shape index (κ1) is 22.1. The van der Waals surface area contributed by atoms with Crippen LogP contribution in [-0.2, 0) is 7.05 Å². The molecule has 2 N–H and O–H groups in total. The highest BCUT2D eigenvalue weighted by Gasteiger charge is 2.26. The number of hydrogen-bond acceptors (Lipinski definition) is 5. The number of anilines is 1. The van der Waals surface area contributed by atoms with Crippen molar-refractivity contribution in [1.82, 2.24) is 24.5 Å². The molecule has 0 saturated heterocycles. The summed E-state index contributed by atoms with van der Waals surface area (Å²) in [5, 5.41) is 3.44. The number of aromatic nitrogens is 5. The molecule has 4 aromatic rings. The monoisotopic (exact) mass is 468 g/mol. The van der Waals surface area contributed by atoms with E-state index in [1.807, 2.05) is 0 Å². The Morgan fingerprint density at radius 3 is 2.85 bits per heavy atom. The van der Waals surface area contributed by atoms with Gasteiger partial charge in [0.1, 0.15) is 17.3 Å². The summed E-state index contributed by atoms with van der Waals surface area (Å²) in [7, 11) is 1.79. The zero-order valence-corrected chi connectivity index (χ0v) is 18.5. The maximum Gasteiger partial charge on any atom is 0.183 e. The SMILES string of the molecule is Cn1cncc1C(=O)C[C@@H]1CCC[C@H](Nc2nc(-c3c[nH]c4c(F)cc(F)cc34)ncc2F)C1. The molecule has 5 rings (SSSR count). The van der Waals surface area contributed by atoms with Gasteiger partial charge in [0.05, 0.1) is 24.2 Å². The molecule has 0 radical (unpaired) electrons. The lowest BCUT2D eigenvalue weighted by molar-refractivity contribution is 0.0940. The molecule has 1 aromatic carbocycles. The molecule has 0 bridgehead atoms. The van der Waals surface area contributed by atoms with Crippen molar-refractivity contribution in [2.45, 2.75) is 38.1 Å². The van der Waals surface area contributed by atoms with E-state index in [1.165, 1.54) is 12.3 Å². The standard InChI is InChI=1S/C24H23F3N6O/c1-33-12-28-11-20(33)21(34)6-13-3-2-4-15(5-13)31-24-19(27)10-30-23(32-24)17-9-29-22-16(17)7-14(25)8-18(22)26/h7-13,15,29H,2-6H2,1H3,(H,30,31,32)/t13-,15+/m1/s1. The fourth-order valence-corrected chi connectivity index (χ4v) is 4.73. The molecule has 3 aromatic heterocycles. The minimum atomic E-state index is -0.726. The molecule has 0 amide bonds. The minimum Gasteiger partial charge on any atom is -0.365 e. The number of fused-ring (bicyclic) bond motifs is 1. The quantitative estimate of drug-likeness (QED) is 0.388. The number of carbonyl (C=O) groups is 1. The summed E-state index contributed by atoms with van der Waals surface area (Å²) in [6.07, 6.45) is 9.45. The molecule has 1 fully saturated rings. The first-order valence-electron chi connectivity index (χ1n) is 11.1. The van der Waals surface area contributed by atoms with Gasteiger partial charge in [-0.15, -0.1) is 0 Å². The summed E-state index contributed by atoms with van der Waals surface area (Å²) in [6.45, 7) is 0.